The van der Waals surface area contributed by atoms with Crippen LogP contribution in [0.15, 0.2) is 48.5 Å². The third-order valence-electron chi connectivity index (χ3n) is 3.71. The van der Waals surface area contributed by atoms with E-state index in [2.05, 4.69) is 5.32 Å². The number of hydrogen-bond acceptors (Lipinski definition) is 2. The van der Waals surface area contributed by atoms with Gasteiger partial charge in [0, 0.05) is 5.41 Å². The molecule has 0 atom stereocenters. The van der Waals surface area contributed by atoms with Crippen LogP contribution in [0.1, 0.15) is 25.0 Å². The lowest BCUT2D eigenvalue weighted by molar-refractivity contribution is -0.123. The molecule has 0 spiro atoms. The summed E-state index contributed by atoms with van der Waals surface area (Å²) in [4.78, 5) is 12.7. The average molecular weight is 297 g/mol. The normalized spacial score (nSPS) is 11.1. The van der Waals surface area contributed by atoms with Gasteiger partial charge in [0.15, 0.2) is 0 Å². The van der Waals surface area contributed by atoms with E-state index in [1.807, 2.05) is 69.3 Å². The standard InChI is InChI=1S/C19H23NO2/c1-14-10-11-17(22-4)16(12-14)20-18(21)19(2,3)13-15-8-6-5-7-9-15/h5-12H,13H2,1-4H3,(H,20,21). The van der Waals surface area contributed by atoms with Crippen LogP contribution in [0, 0.1) is 12.3 Å². The van der Waals surface area contributed by atoms with Gasteiger partial charge in [-0.3, -0.25) is 4.79 Å². The summed E-state index contributed by atoms with van der Waals surface area (Å²) in [5, 5.41) is 3.00. The third kappa shape index (κ3) is 3.88. The average Bonchev–Trinajstić information content (AvgIpc) is 2.48. The number of aryl methyl sites for hydroxylation is 1. The molecule has 0 aliphatic rings. The number of anilines is 1. The highest BCUT2D eigenvalue weighted by Crippen LogP contribution is 2.29. The fraction of sp³-hybridized carbons (Fsp3) is 0.316. The van der Waals surface area contributed by atoms with Gasteiger partial charge in [-0.15, -0.1) is 0 Å². The van der Waals surface area contributed by atoms with Crippen LogP contribution in [-0.2, 0) is 11.2 Å². The van der Waals surface area contributed by atoms with E-state index in [9.17, 15) is 4.79 Å². The van der Waals surface area contributed by atoms with Gasteiger partial charge in [0.1, 0.15) is 5.75 Å². The minimum atomic E-state index is -0.504. The molecule has 3 heteroatoms. The van der Waals surface area contributed by atoms with Gasteiger partial charge in [-0.1, -0.05) is 50.2 Å². The molecule has 1 amide bonds. The van der Waals surface area contributed by atoms with E-state index in [0.29, 0.717) is 17.9 Å². The molecule has 2 aromatic rings. The largest absolute Gasteiger partial charge is 0.495 e. The Morgan fingerprint density at radius 3 is 2.45 bits per heavy atom. The van der Waals surface area contributed by atoms with Crippen molar-refractivity contribution in [1.29, 1.82) is 0 Å². The van der Waals surface area contributed by atoms with Crippen molar-refractivity contribution in [3.8, 4) is 5.75 Å². The maximum atomic E-state index is 12.7. The molecule has 0 saturated carbocycles. The molecule has 0 aliphatic heterocycles. The minimum Gasteiger partial charge on any atom is -0.495 e. The second-order valence-electron chi connectivity index (χ2n) is 6.20. The Hall–Kier alpha value is -2.29. The lowest BCUT2D eigenvalue weighted by Gasteiger charge is -2.24. The number of carbonyl (C=O) groups is 1. The highest BCUT2D eigenvalue weighted by molar-refractivity contribution is 5.96. The molecule has 2 rings (SSSR count). The summed E-state index contributed by atoms with van der Waals surface area (Å²) in [6.45, 7) is 5.90. The molecule has 2 aromatic carbocycles. The van der Waals surface area contributed by atoms with Crippen LogP contribution in [-0.4, -0.2) is 13.0 Å². The molecule has 0 radical (unpaired) electrons. The molecular formula is C19H23NO2. The first kappa shape index (κ1) is 16.1. The van der Waals surface area contributed by atoms with Gasteiger partial charge in [-0.25, -0.2) is 0 Å². The SMILES string of the molecule is COc1ccc(C)cc1NC(=O)C(C)(C)Cc1ccccc1. The summed E-state index contributed by atoms with van der Waals surface area (Å²) in [7, 11) is 1.61. The van der Waals surface area contributed by atoms with Crippen LogP contribution >= 0.6 is 0 Å². The summed E-state index contributed by atoms with van der Waals surface area (Å²) in [5.74, 6) is 0.662. The van der Waals surface area contributed by atoms with Crippen molar-refractivity contribution in [2.75, 3.05) is 12.4 Å². The summed E-state index contributed by atoms with van der Waals surface area (Å²) in [5.41, 5.74) is 2.44. The number of benzene rings is 2. The molecule has 0 fully saturated rings. The first-order valence-electron chi connectivity index (χ1n) is 7.42. The molecule has 1 N–H and O–H groups in total. The van der Waals surface area contributed by atoms with Crippen LogP contribution in [0.4, 0.5) is 5.69 Å². The van der Waals surface area contributed by atoms with Gasteiger partial charge in [0.2, 0.25) is 5.91 Å². The van der Waals surface area contributed by atoms with Crippen LogP contribution < -0.4 is 10.1 Å². The summed E-state index contributed by atoms with van der Waals surface area (Å²) < 4.78 is 5.32. The van der Waals surface area contributed by atoms with Gasteiger partial charge in [0.05, 0.1) is 12.8 Å². The molecule has 0 heterocycles. The van der Waals surface area contributed by atoms with Gasteiger partial charge in [0.25, 0.3) is 0 Å². The third-order valence-corrected chi connectivity index (χ3v) is 3.71. The molecule has 116 valence electrons. The Morgan fingerprint density at radius 2 is 1.82 bits per heavy atom. The Labute approximate surface area is 132 Å². The fourth-order valence-corrected chi connectivity index (χ4v) is 2.40. The van der Waals surface area contributed by atoms with Crippen LogP contribution in [0.2, 0.25) is 0 Å². The first-order chi connectivity index (χ1) is 10.4. The van der Waals surface area contributed by atoms with Gasteiger partial charge in [-0.2, -0.15) is 0 Å². The molecule has 3 nitrogen and oxygen atoms in total. The maximum Gasteiger partial charge on any atom is 0.230 e. The molecule has 0 unspecified atom stereocenters. The summed E-state index contributed by atoms with van der Waals surface area (Å²) in [6, 6.07) is 15.8. The highest BCUT2D eigenvalue weighted by atomic mass is 16.5. The predicted octanol–water partition coefficient (Wildman–Crippen LogP) is 4.21. The summed E-state index contributed by atoms with van der Waals surface area (Å²) >= 11 is 0. The number of methoxy groups -OCH3 is 1. The van der Waals surface area contributed by atoms with Gasteiger partial charge < -0.3 is 10.1 Å². The number of hydrogen-bond donors (Lipinski definition) is 1. The quantitative estimate of drug-likeness (QED) is 0.897. The Balaban J connectivity index is 2.15. The van der Waals surface area contributed by atoms with E-state index in [0.717, 1.165) is 11.1 Å². The molecule has 22 heavy (non-hydrogen) atoms. The van der Waals surface area contributed by atoms with E-state index < -0.39 is 5.41 Å². The van der Waals surface area contributed by atoms with Crippen LogP contribution in [0.3, 0.4) is 0 Å². The van der Waals surface area contributed by atoms with Crippen molar-refractivity contribution >= 4 is 11.6 Å². The second kappa shape index (κ2) is 6.65. The van der Waals surface area contributed by atoms with E-state index in [-0.39, 0.29) is 5.91 Å². The van der Waals surface area contributed by atoms with Crippen LogP contribution in [0.5, 0.6) is 5.75 Å². The lowest BCUT2D eigenvalue weighted by atomic mass is 9.84. The monoisotopic (exact) mass is 297 g/mol. The topological polar surface area (TPSA) is 38.3 Å². The number of ether oxygens (including phenoxy) is 1. The smallest absolute Gasteiger partial charge is 0.230 e. The van der Waals surface area contributed by atoms with E-state index in [1.165, 1.54) is 0 Å². The molecule has 0 bridgehead atoms. The van der Waals surface area contributed by atoms with E-state index in [4.69, 9.17) is 4.74 Å². The lowest BCUT2D eigenvalue weighted by Crippen LogP contribution is -2.32. The highest BCUT2D eigenvalue weighted by Gasteiger charge is 2.28. The van der Waals surface area contributed by atoms with Crippen molar-refractivity contribution < 1.29 is 9.53 Å². The van der Waals surface area contributed by atoms with Crippen molar-refractivity contribution in [2.45, 2.75) is 27.2 Å². The van der Waals surface area contributed by atoms with Crippen LogP contribution in [0.25, 0.3) is 0 Å². The van der Waals surface area contributed by atoms with Crippen molar-refractivity contribution in [1.82, 2.24) is 0 Å². The number of rotatable bonds is 5. The van der Waals surface area contributed by atoms with Crippen molar-refractivity contribution in [2.24, 2.45) is 5.41 Å². The predicted molar refractivity (Wildman–Crippen MR) is 90.3 cm³/mol. The molecular weight excluding hydrogens is 274 g/mol. The Morgan fingerprint density at radius 1 is 1.14 bits per heavy atom. The van der Waals surface area contributed by atoms with Gasteiger partial charge in [-0.05, 0) is 36.6 Å². The fourth-order valence-electron chi connectivity index (χ4n) is 2.40. The molecule has 0 saturated heterocycles. The van der Waals surface area contributed by atoms with Crippen molar-refractivity contribution in [3.63, 3.8) is 0 Å². The number of nitrogens with one attached hydrogen (secondary N) is 1. The minimum absolute atomic E-state index is 0.0137. The van der Waals surface area contributed by atoms with E-state index in [1.54, 1.807) is 7.11 Å². The number of amides is 1. The Kier molecular flexibility index (Phi) is 4.86. The maximum absolute atomic E-state index is 12.7. The first-order valence-corrected chi connectivity index (χ1v) is 7.42. The number of carbonyl (C=O) groups excluding carboxylic acids is 1. The molecule has 0 aliphatic carbocycles. The van der Waals surface area contributed by atoms with Crippen molar-refractivity contribution in [3.05, 3.63) is 59.7 Å². The molecule has 0 aromatic heterocycles. The van der Waals surface area contributed by atoms with Gasteiger partial charge >= 0.3 is 0 Å². The Bertz CT molecular complexity index is 648. The summed E-state index contributed by atoms with van der Waals surface area (Å²) in [6.07, 6.45) is 0.688. The zero-order valence-electron chi connectivity index (χ0n) is 13.6. The second-order valence-corrected chi connectivity index (χ2v) is 6.20. The zero-order chi connectivity index (χ0) is 16.2. The van der Waals surface area contributed by atoms with E-state index >= 15 is 0 Å². The zero-order valence-corrected chi connectivity index (χ0v) is 13.6.